The minimum absolute atomic E-state index is 0.0440. The van der Waals surface area contributed by atoms with Crippen molar-refractivity contribution in [2.75, 3.05) is 6.61 Å². The molecule has 0 saturated heterocycles. The number of aliphatic hydroxyl groups excluding tert-OH is 1. The lowest BCUT2D eigenvalue weighted by molar-refractivity contribution is -0.152. The third-order valence-corrected chi connectivity index (χ3v) is 4.52. The van der Waals surface area contributed by atoms with Crippen LogP contribution in [0.3, 0.4) is 0 Å². The smallest absolute Gasteiger partial charge is 0.305 e. The highest BCUT2D eigenvalue weighted by atomic mass is 16.5. The summed E-state index contributed by atoms with van der Waals surface area (Å²) in [5.74, 6) is -1.16. The number of rotatable bonds is 17. The molecule has 0 fully saturated rings. The molecule has 174 valence electrons. The van der Waals surface area contributed by atoms with Crippen molar-refractivity contribution in [1.82, 2.24) is 0 Å². The molecule has 0 radical (unpaired) electrons. The van der Waals surface area contributed by atoms with E-state index in [1.54, 1.807) is 13.8 Å². The van der Waals surface area contributed by atoms with Gasteiger partial charge >= 0.3 is 5.97 Å². The summed E-state index contributed by atoms with van der Waals surface area (Å²) in [7, 11) is 0. The van der Waals surface area contributed by atoms with E-state index in [2.05, 4.69) is 67.7 Å². The number of primary amides is 1. The summed E-state index contributed by atoms with van der Waals surface area (Å²) in [6.45, 7) is 5.36. The number of allylic oxidation sites excluding steroid dienone is 10. The number of aliphatic hydroxyl groups is 1. The second kappa shape index (κ2) is 18.4. The first-order chi connectivity index (χ1) is 14.8. The van der Waals surface area contributed by atoms with Crippen LogP contribution in [-0.4, -0.2) is 29.7 Å². The molecule has 0 aromatic rings. The van der Waals surface area contributed by atoms with Gasteiger partial charge in [0.2, 0.25) is 5.91 Å². The van der Waals surface area contributed by atoms with Crippen molar-refractivity contribution < 1.29 is 19.4 Å². The van der Waals surface area contributed by atoms with Crippen molar-refractivity contribution in [2.24, 2.45) is 11.1 Å². The summed E-state index contributed by atoms with van der Waals surface area (Å²) in [6.07, 6.45) is 26.8. The van der Waals surface area contributed by atoms with Crippen molar-refractivity contribution in [1.29, 1.82) is 0 Å². The molecule has 0 saturated carbocycles. The Morgan fingerprint density at radius 3 is 1.77 bits per heavy atom. The number of ether oxygens (including phenoxy) is 1. The van der Waals surface area contributed by atoms with Gasteiger partial charge in [0.1, 0.15) is 6.10 Å². The highest BCUT2D eigenvalue weighted by Gasteiger charge is 2.33. The Labute approximate surface area is 188 Å². The Morgan fingerprint density at radius 1 is 0.871 bits per heavy atom. The summed E-state index contributed by atoms with van der Waals surface area (Å²) in [5, 5.41) is 9.71. The number of amides is 1. The van der Waals surface area contributed by atoms with Crippen LogP contribution in [0.15, 0.2) is 60.8 Å². The van der Waals surface area contributed by atoms with Crippen LogP contribution >= 0.6 is 0 Å². The van der Waals surface area contributed by atoms with Crippen LogP contribution in [0.5, 0.6) is 0 Å². The van der Waals surface area contributed by atoms with E-state index in [0.717, 1.165) is 38.5 Å². The maximum atomic E-state index is 11.8. The number of esters is 1. The van der Waals surface area contributed by atoms with Crippen LogP contribution < -0.4 is 5.73 Å². The summed E-state index contributed by atoms with van der Waals surface area (Å²) in [5.41, 5.74) is 4.19. The van der Waals surface area contributed by atoms with Crippen molar-refractivity contribution in [2.45, 2.75) is 78.2 Å². The quantitative estimate of drug-likeness (QED) is 0.185. The molecule has 0 aliphatic rings. The van der Waals surface area contributed by atoms with Gasteiger partial charge in [-0.15, -0.1) is 0 Å². The minimum atomic E-state index is -1.35. The van der Waals surface area contributed by atoms with Crippen LogP contribution in [0.25, 0.3) is 0 Å². The second-order valence-corrected chi connectivity index (χ2v) is 8.05. The summed E-state index contributed by atoms with van der Waals surface area (Å²) in [4.78, 5) is 22.8. The van der Waals surface area contributed by atoms with E-state index in [1.807, 2.05) is 0 Å². The van der Waals surface area contributed by atoms with Gasteiger partial charge in [-0.2, -0.15) is 0 Å². The zero-order valence-electron chi connectivity index (χ0n) is 19.5. The van der Waals surface area contributed by atoms with E-state index in [0.29, 0.717) is 12.8 Å². The van der Waals surface area contributed by atoms with E-state index in [1.165, 1.54) is 0 Å². The van der Waals surface area contributed by atoms with Gasteiger partial charge in [-0.05, 0) is 44.9 Å². The Bertz CT molecular complexity index is 642. The highest BCUT2D eigenvalue weighted by molar-refractivity contribution is 5.79. The standard InChI is InChI=1S/C26H41NO4/c1-4-5-6-7-8-9-10-11-12-13-14-15-16-17-18-19-20-21-23(28)31-22-26(2,3)24(29)25(27)30/h5-6,8-9,11-12,14-15,17-18,24,29H,4,7,10,13,16,19-22H2,1-3H3,(H2,27,30)/b6-5-,9-8-,12-11-,15-14-,18-17-/t24-/m0/s1. The lowest BCUT2D eigenvalue weighted by atomic mass is 9.87. The molecule has 0 bridgehead atoms. The zero-order chi connectivity index (χ0) is 23.4. The van der Waals surface area contributed by atoms with E-state index in [9.17, 15) is 14.7 Å². The maximum absolute atomic E-state index is 11.8. The third-order valence-electron chi connectivity index (χ3n) is 4.52. The summed E-state index contributed by atoms with van der Waals surface area (Å²) < 4.78 is 5.15. The van der Waals surface area contributed by atoms with Gasteiger partial charge in [-0.25, -0.2) is 0 Å². The predicted octanol–water partition coefficient (Wildman–Crippen LogP) is 5.32. The Hall–Kier alpha value is -2.40. The first kappa shape index (κ1) is 28.6. The number of hydrogen-bond acceptors (Lipinski definition) is 4. The molecular formula is C26H41NO4. The average molecular weight is 432 g/mol. The van der Waals surface area contributed by atoms with Gasteiger partial charge in [-0.1, -0.05) is 81.5 Å². The van der Waals surface area contributed by atoms with E-state index < -0.39 is 17.4 Å². The van der Waals surface area contributed by atoms with Gasteiger partial charge in [-0.3, -0.25) is 9.59 Å². The molecular weight excluding hydrogens is 390 g/mol. The predicted molar refractivity (Wildman–Crippen MR) is 128 cm³/mol. The van der Waals surface area contributed by atoms with Crippen molar-refractivity contribution in [3.8, 4) is 0 Å². The largest absolute Gasteiger partial charge is 0.465 e. The highest BCUT2D eigenvalue weighted by Crippen LogP contribution is 2.21. The van der Waals surface area contributed by atoms with E-state index in [4.69, 9.17) is 10.5 Å². The molecule has 0 aliphatic heterocycles. The molecule has 0 aromatic heterocycles. The molecule has 31 heavy (non-hydrogen) atoms. The molecule has 0 aromatic carbocycles. The van der Waals surface area contributed by atoms with Crippen molar-refractivity contribution in [3.63, 3.8) is 0 Å². The van der Waals surface area contributed by atoms with Crippen molar-refractivity contribution >= 4 is 11.9 Å². The summed E-state index contributed by atoms with van der Waals surface area (Å²) >= 11 is 0. The first-order valence-corrected chi connectivity index (χ1v) is 11.2. The van der Waals surface area contributed by atoms with Crippen LogP contribution in [0.4, 0.5) is 0 Å². The second-order valence-electron chi connectivity index (χ2n) is 8.05. The SMILES string of the molecule is CC/C=C\C/C=C\C/C=C\C/C=C\C/C=C\CCCC(=O)OCC(C)(C)[C@@H](O)C(N)=O. The average Bonchev–Trinajstić information content (AvgIpc) is 2.73. The lowest BCUT2D eigenvalue weighted by Gasteiger charge is -2.27. The number of unbranched alkanes of at least 4 members (excludes halogenated alkanes) is 1. The van der Waals surface area contributed by atoms with Gasteiger partial charge in [0.05, 0.1) is 6.61 Å². The van der Waals surface area contributed by atoms with Gasteiger partial charge in [0.25, 0.3) is 0 Å². The fourth-order valence-electron chi connectivity index (χ4n) is 2.54. The van der Waals surface area contributed by atoms with Crippen LogP contribution in [0.2, 0.25) is 0 Å². The molecule has 0 spiro atoms. The fourth-order valence-corrected chi connectivity index (χ4v) is 2.54. The van der Waals surface area contributed by atoms with E-state index >= 15 is 0 Å². The zero-order valence-corrected chi connectivity index (χ0v) is 19.5. The molecule has 3 N–H and O–H groups in total. The number of carbonyl (C=O) groups excluding carboxylic acids is 2. The molecule has 1 atom stereocenters. The number of carbonyl (C=O) groups is 2. The molecule has 0 unspecified atom stereocenters. The fraction of sp³-hybridized carbons (Fsp3) is 0.538. The minimum Gasteiger partial charge on any atom is -0.465 e. The van der Waals surface area contributed by atoms with Crippen LogP contribution in [0.1, 0.15) is 72.1 Å². The van der Waals surface area contributed by atoms with Crippen molar-refractivity contribution in [3.05, 3.63) is 60.8 Å². The maximum Gasteiger partial charge on any atom is 0.305 e. The number of hydrogen-bond donors (Lipinski definition) is 2. The monoisotopic (exact) mass is 431 g/mol. The van der Waals surface area contributed by atoms with Gasteiger partial charge < -0.3 is 15.6 Å². The Balaban J connectivity index is 3.76. The van der Waals surface area contributed by atoms with Gasteiger partial charge in [0, 0.05) is 11.8 Å². The molecule has 0 heterocycles. The first-order valence-electron chi connectivity index (χ1n) is 11.2. The topological polar surface area (TPSA) is 89.6 Å². The molecule has 5 heteroatoms. The summed E-state index contributed by atoms with van der Waals surface area (Å²) in [6, 6.07) is 0. The molecule has 5 nitrogen and oxygen atoms in total. The van der Waals surface area contributed by atoms with E-state index in [-0.39, 0.29) is 12.6 Å². The Kier molecular flexibility index (Phi) is 17.0. The molecule has 1 amide bonds. The van der Waals surface area contributed by atoms with Gasteiger partial charge in [0.15, 0.2) is 0 Å². The molecule has 0 rings (SSSR count). The third kappa shape index (κ3) is 17.0. The van der Waals surface area contributed by atoms with Crippen LogP contribution in [0, 0.1) is 5.41 Å². The lowest BCUT2D eigenvalue weighted by Crippen LogP contribution is -2.43. The number of nitrogens with two attached hydrogens (primary N) is 1. The normalized spacial score (nSPS) is 13.9. The molecule has 0 aliphatic carbocycles. The Morgan fingerprint density at radius 2 is 1.32 bits per heavy atom. The van der Waals surface area contributed by atoms with Crippen LogP contribution in [-0.2, 0) is 14.3 Å².